The molecule has 1 heterocycles. The summed E-state index contributed by atoms with van der Waals surface area (Å²) in [6, 6.07) is 10.5. The van der Waals surface area contributed by atoms with Gasteiger partial charge in [-0.15, -0.1) is 0 Å². The predicted molar refractivity (Wildman–Crippen MR) is 96.3 cm³/mol. The van der Waals surface area contributed by atoms with E-state index in [1.807, 2.05) is 42.2 Å². The number of amides is 2. The van der Waals surface area contributed by atoms with Crippen LogP contribution in [0.5, 0.6) is 0 Å². The lowest BCUT2D eigenvalue weighted by molar-refractivity contribution is -0.123. The Morgan fingerprint density at radius 3 is 2.56 bits per heavy atom. The summed E-state index contributed by atoms with van der Waals surface area (Å²) in [6.45, 7) is 6.29. The molecule has 1 aromatic heterocycles. The van der Waals surface area contributed by atoms with Crippen molar-refractivity contribution in [2.24, 2.45) is 0 Å². The van der Waals surface area contributed by atoms with Crippen LogP contribution in [0.15, 0.2) is 40.9 Å². The third-order valence-corrected chi connectivity index (χ3v) is 3.72. The molecule has 0 saturated heterocycles. The molecule has 0 aliphatic carbocycles. The maximum Gasteiger partial charge on any atom is 0.241 e. The lowest BCUT2D eigenvalue weighted by atomic mass is 10.2. The lowest BCUT2D eigenvalue weighted by Gasteiger charge is -2.27. The van der Waals surface area contributed by atoms with Crippen molar-refractivity contribution in [3.63, 3.8) is 0 Å². The molecule has 0 bridgehead atoms. The number of benzene rings is 1. The summed E-state index contributed by atoms with van der Waals surface area (Å²) < 4.78 is 4.93. The zero-order valence-corrected chi connectivity index (χ0v) is 14.8. The summed E-state index contributed by atoms with van der Waals surface area (Å²) in [6.07, 6.45) is 0.833. The molecular formula is C18H24N4O3. The normalized spacial score (nSPS) is 12.0. The molecular weight excluding hydrogens is 320 g/mol. The molecule has 1 atom stereocenters. The maximum absolute atomic E-state index is 12.5. The molecule has 1 unspecified atom stereocenters. The number of aryl methyl sites for hydroxylation is 1. The monoisotopic (exact) mass is 344 g/mol. The maximum atomic E-state index is 12.5. The molecule has 0 radical (unpaired) electrons. The van der Waals surface area contributed by atoms with Crippen LogP contribution in [-0.4, -0.2) is 41.0 Å². The Bertz CT molecular complexity index is 699. The Balaban J connectivity index is 1.95. The van der Waals surface area contributed by atoms with Gasteiger partial charge in [0.15, 0.2) is 5.82 Å². The number of hydrogen-bond acceptors (Lipinski definition) is 5. The predicted octanol–water partition coefficient (Wildman–Crippen LogP) is 2.66. The number of carbonyl (C=O) groups is 2. The van der Waals surface area contributed by atoms with E-state index in [1.54, 1.807) is 19.9 Å². The summed E-state index contributed by atoms with van der Waals surface area (Å²) in [4.78, 5) is 26.5. The highest BCUT2D eigenvalue weighted by molar-refractivity contribution is 5.96. The Kier molecular flexibility index (Phi) is 6.71. The van der Waals surface area contributed by atoms with Gasteiger partial charge < -0.3 is 15.2 Å². The Labute approximate surface area is 147 Å². The van der Waals surface area contributed by atoms with Crippen molar-refractivity contribution in [1.29, 1.82) is 0 Å². The molecule has 7 heteroatoms. The van der Waals surface area contributed by atoms with Crippen molar-refractivity contribution in [2.45, 2.75) is 33.2 Å². The number of nitrogens with one attached hydrogen (secondary N) is 2. The lowest BCUT2D eigenvalue weighted by Crippen LogP contribution is -2.46. The molecule has 0 spiro atoms. The van der Waals surface area contributed by atoms with Gasteiger partial charge >= 0.3 is 0 Å². The fourth-order valence-electron chi connectivity index (χ4n) is 2.42. The SMILES string of the molecule is CCCN(CC(=O)Nc1cc(C)on1)C(C)C(=O)Nc1ccccc1. The van der Waals surface area contributed by atoms with Crippen molar-refractivity contribution in [2.75, 3.05) is 23.7 Å². The molecule has 2 amide bonds. The number of nitrogens with zero attached hydrogens (tertiary/aromatic N) is 2. The van der Waals surface area contributed by atoms with Crippen molar-refractivity contribution < 1.29 is 14.1 Å². The Morgan fingerprint density at radius 2 is 1.96 bits per heavy atom. The molecule has 25 heavy (non-hydrogen) atoms. The van der Waals surface area contributed by atoms with Gasteiger partial charge in [0.1, 0.15) is 5.76 Å². The third kappa shape index (κ3) is 5.72. The topological polar surface area (TPSA) is 87.5 Å². The first-order chi connectivity index (χ1) is 12.0. The average Bonchev–Trinajstić information content (AvgIpc) is 2.99. The standard InChI is InChI=1S/C18H24N4O3/c1-4-10-22(12-17(23)20-16-11-13(2)25-21-16)14(3)18(24)19-15-8-6-5-7-9-15/h5-9,11,14H,4,10,12H2,1-3H3,(H,19,24)(H,20,21,23). The smallest absolute Gasteiger partial charge is 0.241 e. The minimum absolute atomic E-state index is 0.100. The van der Waals surface area contributed by atoms with Crippen LogP contribution in [0.2, 0.25) is 0 Å². The van der Waals surface area contributed by atoms with Crippen molar-refractivity contribution in [1.82, 2.24) is 10.1 Å². The van der Waals surface area contributed by atoms with E-state index in [9.17, 15) is 9.59 Å². The van der Waals surface area contributed by atoms with Gasteiger partial charge in [-0.3, -0.25) is 14.5 Å². The average molecular weight is 344 g/mol. The van der Waals surface area contributed by atoms with Gasteiger partial charge in [-0.1, -0.05) is 30.3 Å². The van der Waals surface area contributed by atoms with E-state index >= 15 is 0 Å². The first kappa shape index (κ1) is 18.7. The molecule has 0 fully saturated rings. The van der Waals surface area contributed by atoms with Gasteiger partial charge in [0, 0.05) is 11.8 Å². The van der Waals surface area contributed by atoms with Gasteiger partial charge in [0.25, 0.3) is 0 Å². The van der Waals surface area contributed by atoms with Crippen LogP contribution < -0.4 is 10.6 Å². The second kappa shape index (κ2) is 8.98. The molecule has 0 aliphatic rings. The van der Waals surface area contributed by atoms with Gasteiger partial charge in [-0.2, -0.15) is 0 Å². The van der Waals surface area contributed by atoms with Crippen LogP contribution in [0, 0.1) is 6.92 Å². The number of anilines is 2. The summed E-state index contributed by atoms with van der Waals surface area (Å²) in [5.41, 5.74) is 0.735. The van der Waals surface area contributed by atoms with Crippen LogP contribution in [0.1, 0.15) is 26.0 Å². The second-order valence-corrected chi connectivity index (χ2v) is 5.87. The first-order valence-corrected chi connectivity index (χ1v) is 8.32. The quantitative estimate of drug-likeness (QED) is 0.769. The van der Waals surface area contributed by atoms with E-state index < -0.39 is 6.04 Å². The van der Waals surface area contributed by atoms with Crippen molar-refractivity contribution >= 4 is 23.3 Å². The van der Waals surface area contributed by atoms with Gasteiger partial charge in [-0.05, 0) is 38.9 Å². The highest BCUT2D eigenvalue weighted by atomic mass is 16.5. The van der Waals surface area contributed by atoms with Gasteiger partial charge in [0.2, 0.25) is 11.8 Å². The van der Waals surface area contributed by atoms with Gasteiger partial charge in [0.05, 0.1) is 12.6 Å². The highest BCUT2D eigenvalue weighted by Crippen LogP contribution is 2.10. The summed E-state index contributed by atoms with van der Waals surface area (Å²) in [7, 11) is 0. The second-order valence-electron chi connectivity index (χ2n) is 5.87. The fourth-order valence-corrected chi connectivity index (χ4v) is 2.42. The van der Waals surface area contributed by atoms with E-state index in [2.05, 4.69) is 15.8 Å². The first-order valence-electron chi connectivity index (χ1n) is 8.32. The van der Waals surface area contributed by atoms with E-state index in [-0.39, 0.29) is 18.4 Å². The minimum atomic E-state index is -0.440. The number of rotatable bonds is 8. The Morgan fingerprint density at radius 1 is 1.24 bits per heavy atom. The van der Waals surface area contributed by atoms with E-state index in [0.29, 0.717) is 18.1 Å². The molecule has 1 aromatic carbocycles. The summed E-state index contributed by atoms with van der Waals surface area (Å²) in [5, 5.41) is 9.29. The van der Waals surface area contributed by atoms with E-state index in [1.165, 1.54) is 0 Å². The van der Waals surface area contributed by atoms with E-state index in [0.717, 1.165) is 12.1 Å². The molecule has 134 valence electrons. The number of aromatic nitrogens is 1. The zero-order valence-electron chi connectivity index (χ0n) is 14.8. The Hall–Kier alpha value is -2.67. The van der Waals surface area contributed by atoms with Crippen LogP contribution in [0.4, 0.5) is 11.5 Å². The third-order valence-electron chi connectivity index (χ3n) is 3.72. The number of carbonyl (C=O) groups excluding carboxylic acids is 2. The summed E-state index contributed by atoms with van der Waals surface area (Å²) >= 11 is 0. The van der Waals surface area contributed by atoms with Crippen LogP contribution in [0.3, 0.4) is 0 Å². The van der Waals surface area contributed by atoms with E-state index in [4.69, 9.17) is 4.52 Å². The zero-order chi connectivity index (χ0) is 18.2. The molecule has 0 saturated carbocycles. The number of para-hydroxylation sites is 1. The summed E-state index contributed by atoms with van der Waals surface area (Å²) in [5.74, 6) is 0.613. The molecule has 0 aliphatic heterocycles. The number of hydrogen-bond donors (Lipinski definition) is 2. The molecule has 2 N–H and O–H groups in total. The van der Waals surface area contributed by atoms with Crippen molar-refractivity contribution in [3.05, 3.63) is 42.2 Å². The molecule has 2 rings (SSSR count). The van der Waals surface area contributed by atoms with Crippen LogP contribution in [-0.2, 0) is 9.59 Å². The van der Waals surface area contributed by atoms with Crippen LogP contribution >= 0.6 is 0 Å². The molecule has 7 nitrogen and oxygen atoms in total. The highest BCUT2D eigenvalue weighted by Gasteiger charge is 2.23. The fraction of sp³-hybridized carbons (Fsp3) is 0.389. The van der Waals surface area contributed by atoms with Crippen molar-refractivity contribution in [3.8, 4) is 0 Å². The largest absolute Gasteiger partial charge is 0.360 e. The minimum Gasteiger partial charge on any atom is -0.360 e. The van der Waals surface area contributed by atoms with Crippen LogP contribution in [0.25, 0.3) is 0 Å². The molecule has 2 aromatic rings. The van der Waals surface area contributed by atoms with Gasteiger partial charge in [-0.25, -0.2) is 0 Å².